The summed E-state index contributed by atoms with van der Waals surface area (Å²) in [6, 6.07) is 8.92. The summed E-state index contributed by atoms with van der Waals surface area (Å²) in [4.78, 5) is 0. The molecule has 2 unspecified atom stereocenters. The summed E-state index contributed by atoms with van der Waals surface area (Å²) >= 11 is 0. The van der Waals surface area contributed by atoms with Crippen molar-refractivity contribution in [1.29, 1.82) is 0 Å². The first kappa shape index (κ1) is 13.9. The Bertz CT molecular complexity index is 410. The lowest BCUT2D eigenvalue weighted by atomic mass is 9.89. The zero-order valence-electron chi connectivity index (χ0n) is 12.6. The minimum atomic E-state index is 0.498. The Kier molecular flexibility index (Phi) is 4.62. The zero-order valence-corrected chi connectivity index (χ0v) is 12.6. The van der Waals surface area contributed by atoms with Crippen molar-refractivity contribution >= 4 is 0 Å². The SMILES string of the molecule is CCCNCC1CCCC1c1ccc(OC2CC2)cc1. The Balaban J connectivity index is 1.58. The van der Waals surface area contributed by atoms with E-state index < -0.39 is 0 Å². The number of ether oxygens (including phenoxy) is 1. The van der Waals surface area contributed by atoms with E-state index in [1.54, 1.807) is 0 Å². The van der Waals surface area contributed by atoms with Gasteiger partial charge in [-0.3, -0.25) is 0 Å². The van der Waals surface area contributed by atoms with E-state index in [0.29, 0.717) is 6.10 Å². The van der Waals surface area contributed by atoms with Crippen molar-refractivity contribution in [1.82, 2.24) is 5.32 Å². The van der Waals surface area contributed by atoms with Gasteiger partial charge in [0.1, 0.15) is 5.75 Å². The molecule has 1 aromatic carbocycles. The van der Waals surface area contributed by atoms with Gasteiger partial charge >= 0.3 is 0 Å². The van der Waals surface area contributed by atoms with Gasteiger partial charge in [-0.15, -0.1) is 0 Å². The molecule has 0 aliphatic heterocycles. The highest BCUT2D eigenvalue weighted by Gasteiger charge is 2.28. The second kappa shape index (κ2) is 6.62. The fraction of sp³-hybridized carbons (Fsp3) is 0.667. The summed E-state index contributed by atoms with van der Waals surface area (Å²) in [6.45, 7) is 4.56. The summed E-state index contributed by atoms with van der Waals surface area (Å²) in [5.74, 6) is 2.61. The van der Waals surface area contributed by atoms with Crippen molar-refractivity contribution in [2.45, 2.75) is 57.5 Å². The van der Waals surface area contributed by atoms with E-state index in [0.717, 1.165) is 24.1 Å². The molecule has 0 saturated heterocycles. The fourth-order valence-corrected chi connectivity index (χ4v) is 3.36. The average Bonchev–Trinajstić information content (AvgIpc) is 3.16. The lowest BCUT2D eigenvalue weighted by Crippen LogP contribution is -2.25. The monoisotopic (exact) mass is 273 g/mol. The summed E-state index contributed by atoms with van der Waals surface area (Å²) in [5, 5.41) is 3.60. The molecule has 1 N–H and O–H groups in total. The van der Waals surface area contributed by atoms with E-state index in [1.165, 1.54) is 50.6 Å². The van der Waals surface area contributed by atoms with E-state index in [4.69, 9.17) is 4.74 Å². The quantitative estimate of drug-likeness (QED) is 0.755. The van der Waals surface area contributed by atoms with Crippen molar-refractivity contribution in [2.24, 2.45) is 5.92 Å². The van der Waals surface area contributed by atoms with Crippen molar-refractivity contribution in [3.63, 3.8) is 0 Å². The Labute approximate surface area is 122 Å². The van der Waals surface area contributed by atoms with E-state index in [1.807, 2.05) is 0 Å². The predicted octanol–water partition coefficient (Wildman–Crippen LogP) is 4.11. The highest BCUT2D eigenvalue weighted by atomic mass is 16.5. The van der Waals surface area contributed by atoms with E-state index in [2.05, 4.69) is 36.5 Å². The fourth-order valence-electron chi connectivity index (χ4n) is 3.36. The molecule has 0 radical (unpaired) electrons. The first-order valence-corrected chi connectivity index (χ1v) is 8.34. The van der Waals surface area contributed by atoms with Crippen LogP contribution in [-0.4, -0.2) is 19.2 Å². The summed E-state index contributed by atoms with van der Waals surface area (Å²) < 4.78 is 5.84. The number of hydrogen-bond acceptors (Lipinski definition) is 2. The van der Waals surface area contributed by atoms with E-state index in [9.17, 15) is 0 Å². The highest BCUT2D eigenvalue weighted by Crippen LogP contribution is 2.40. The van der Waals surface area contributed by atoms with Gasteiger partial charge in [0.05, 0.1) is 6.10 Å². The molecule has 0 aromatic heterocycles. The molecule has 2 aliphatic rings. The molecule has 3 rings (SSSR count). The van der Waals surface area contributed by atoms with Crippen LogP contribution in [0.2, 0.25) is 0 Å². The van der Waals surface area contributed by atoms with Crippen molar-refractivity contribution < 1.29 is 4.74 Å². The van der Waals surface area contributed by atoms with Crippen LogP contribution in [0.4, 0.5) is 0 Å². The van der Waals surface area contributed by atoms with Crippen LogP contribution in [0, 0.1) is 5.92 Å². The normalized spacial score (nSPS) is 25.9. The van der Waals surface area contributed by atoms with Crippen molar-refractivity contribution in [3.05, 3.63) is 29.8 Å². The summed E-state index contributed by atoms with van der Waals surface area (Å²) in [5.41, 5.74) is 1.51. The Hall–Kier alpha value is -1.02. The highest BCUT2D eigenvalue weighted by molar-refractivity contribution is 5.30. The number of nitrogens with one attached hydrogen (secondary N) is 1. The molecule has 0 amide bonds. The second-order valence-corrected chi connectivity index (χ2v) is 6.39. The van der Waals surface area contributed by atoms with Gasteiger partial charge in [-0.25, -0.2) is 0 Å². The van der Waals surface area contributed by atoms with Gasteiger partial charge in [-0.2, -0.15) is 0 Å². The third-order valence-corrected chi connectivity index (χ3v) is 4.63. The van der Waals surface area contributed by atoms with Gasteiger partial charge in [0, 0.05) is 0 Å². The minimum absolute atomic E-state index is 0.498. The Morgan fingerprint density at radius 1 is 1.10 bits per heavy atom. The van der Waals surface area contributed by atoms with Gasteiger partial charge < -0.3 is 10.1 Å². The third kappa shape index (κ3) is 3.54. The van der Waals surface area contributed by atoms with E-state index in [-0.39, 0.29) is 0 Å². The maximum Gasteiger partial charge on any atom is 0.119 e. The van der Waals surface area contributed by atoms with Gasteiger partial charge in [-0.1, -0.05) is 25.5 Å². The summed E-state index contributed by atoms with van der Waals surface area (Å²) in [6.07, 6.45) is 8.29. The lowest BCUT2D eigenvalue weighted by molar-refractivity contribution is 0.303. The van der Waals surface area contributed by atoms with Crippen LogP contribution < -0.4 is 10.1 Å². The molecular weight excluding hydrogens is 246 g/mol. The van der Waals surface area contributed by atoms with Crippen LogP contribution in [0.1, 0.15) is 56.9 Å². The van der Waals surface area contributed by atoms with Crippen LogP contribution in [0.5, 0.6) is 5.75 Å². The first-order valence-electron chi connectivity index (χ1n) is 8.34. The predicted molar refractivity (Wildman–Crippen MR) is 83.3 cm³/mol. The van der Waals surface area contributed by atoms with Crippen molar-refractivity contribution in [3.8, 4) is 5.75 Å². The standard InChI is InChI=1S/C18H27NO/c1-2-12-19-13-15-4-3-5-18(15)14-6-8-16(9-7-14)20-17-10-11-17/h6-9,15,17-19H,2-5,10-13H2,1H3. The molecule has 20 heavy (non-hydrogen) atoms. The molecule has 0 heterocycles. The van der Waals surface area contributed by atoms with Crippen molar-refractivity contribution in [2.75, 3.05) is 13.1 Å². The Morgan fingerprint density at radius 3 is 2.60 bits per heavy atom. The van der Waals surface area contributed by atoms with Crippen LogP contribution in [-0.2, 0) is 0 Å². The molecule has 2 nitrogen and oxygen atoms in total. The van der Waals surface area contributed by atoms with Gasteiger partial charge in [0.15, 0.2) is 0 Å². The van der Waals surface area contributed by atoms with E-state index >= 15 is 0 Å². The molecule has 2 fully saturated rings. The first-order chi connectivity index (χ1) is 9.86. The van der Waals surface area contributed by atoms with Gasteiger partial charge in [0.25, 0.3) is 0 Å². The van der Waals surface area contributed by atoms with Gasteiger partial charge in [0.2, 0.25) is 0 Å². The molecule has 2 saturated carbocycles. The maximum absolute atomic E-state index is 5.84. The summed E-state index contributed by atoms with van der Waals surface area (Å²) in [7, 11) is 0. The van der Waals surface area contributed by atoms with Gasteiger partial charge in [-0.05, 0) is 74.7 Å². The second-order valence-electron chi connectivity index (χ2n) is 6.39. The van der Waals surface area contributed by atoms with Crippen LogP contribution >= 0.6 is 0 Å². The Morgan fingerprint density at radius 2 is 1.90 bits per heavy atom. The smallest absolute Gasteiger partial charge is 0.119 e. The molecular formula is C18H27NO. The topological polar surface area (TPSA) is 21.3 Å². The maximum atomic E-state index is 5.84. The molecule has 1 aromatic rings. The molecule has 0 bridgehead atoms. The average molecular weight is 273 g/mol. The number of rotatable bonds is 7. The number of benzene rings is 1. The molecule has 2 aliphatic carbocycles. The molecule has 2 heteroatoms. The molecule has 2 atom stereocenters. The van der Waals surface area contributed by atoms with Crippen LogP contribution in [0.15, 0.2) is 24.3 Å². The van der Waals surface area contributed by atoms with Crippen LogP contribution in [0.3, 0.4) is 0 Å². The zero-order chi connectivity index (χ0) is 13.8. The molecule has 110 valence electrons. The lowest BCUT2D eigenvalue weighted by Gasteiger charge is -2.21. The molecule has 0 spiro atoms. The van der Waals surface area contributed by atoms with Crippen LogP contribution in [0.25, 0.3) is 0 Å². The minimum Gasteiger partial charge on any atom is -0.490 e. The third-order valence-electron chi connectivity index (χ3n) is 4.63. The largest absolute Gasteiger partial charge is 0.490 e. The number of hydrogen-bond donors (Lipinski definition) is 1.